The van der Waals surface area contributed by atoms with Crippen LogP contribution in [0, 0.1) is 29.6 Å². The van der Waals surface area contributed by atoms with Gasteiger partial charge < -0.3 is 5.73 Å². The number of allylic oxidation sites excluding steroid dienone is 4. The van der Waals surface area contributed by atoms with Crippen molar-refractivity contribution in [2.45, 2.75) is 104 Å². The standard InChI is InChI=1S/C26H43NO/c1-3-5-7-9-10-13-17-23-21-16-22-24(23)18-14-11-15-20-25(26(27)28)19-12-8-6-4-2/h7,9,11,14,23-25H,3-6,8,10,12,15-16,18-22H2,1-2H3,(H2,27,28)/t23-,24-,25?/m0/s1. The van der Waals surface area contributed by atoms with Crippen molar-refractivity contribution in [2.75, 3.05) is 0 Å². The van der Waals surface area contributed by atoms with Crippen LogP contribution in [-0.4, -0.2) is 5.91 Å². The fourth-order valence-corrected chi connectivity index (χ4v) is 4.06. The van der Waals surface area contributed by atoms with Gasteiger partial charge in [0.25, 0.3) is 0 Å². The number of hydrogen-bond donors (Lipinski definition) is 1. The van der Waals surface area contributed by atoms with Crippen LogP contribution >= 0.6 is 0 Å². The first-order chi connectivity index (χ1) is 13.7. The molecule has 1 rings (SSSR count). The van der Waals surface area contributed by atoms with E-state index in [9.17, 15) is 4.79 Å². The zero-order chi connectivity index (χ0) is 20.5. The van der Waals surface area contributed by atoms with E-state index in [1.54, 1.807) is 0 Å². The van der Waals surface area contributed by atoms with Gasteiger partial charge in [-0.15, -0.1) is 0 Å². The molecule has 1 unspecified atom stereocenters. The molecule has 0 saturated heterocycles. The number of carbonyl (C=O) groups excluding carboxylic acids is 1. The van der Waals surface area contributed by atoms with Crippen molar-refractivity contribution in [1.82, 2.24) is 0 Å². The Hall–Kier alpha value is -1.49. The smallest absolute Gasteiger partial charge is 0.220 e. The van der Waals surface area contributed by atoms with Gasteiger partial charge in [0.15, 0.2) is 0 Å². The molecule has 0 aromatic rings. The second-order valence-corrected chi connectivity index (χ2v) is 8.32. The average Bonchev–Trinajstić information content (AvgIpc) is 3.13. The van der Waals surface area contributed by atoms with E-state index in [2.05, 4.69) is 50.0 Å². The lowest BCUT2D eigenvalue weighted by Gasteiger charge is -2.13. The van der Waals surface area contributed by atoms with Crippen molar-refractivity contribution in [3.05, 3.63) is 24.3 Å². The van der Waals surface area contributed by atoms with Gasteiger partial charge in [-0.3, -0.25) is 4.79 Å². The largest absolute Gasteiger partial charge is 0.369 e. The zero-order valence-corrected chi connectivity index (χ0v) is 18.4. The maximum Gasteiger partial charge on any atom is 0.220 e. The highest BCUT2D eigenvalue weighted by Crippen LogP contribution is 2.34. The molecule has 1 saturated carbocycles. The van der Waals surface area contributed by atoms with Gasteiger partial charge in [0.1, 0.15) is 0 Å². The van der Waals surface area contributed by atoms with E-state index in [0.717, 1.165) is 44.9 Å². The number of unbranched alkanes of at least 4 members (excludes halogenated alkanes) is 4. The second kappa shape index (κ2) is 16.5. The minimum Gasteiger partial charge on any atom is -0.369 e. The number of hydrogen-bond acceptors (Lipinski definition) is 1. The summed E-state index contributed by atoms with van der Waals surface area (Å²) in [5.41, 5.74) is 5.59. The van der Waals surface area contributed by atoms with Crippen LogP contribution in [0.2, 0.25) is 0 Å². The van der Waals surface area contributed by atoms with E-state index in [1.807, 2.05) is 0 Å². The summed E-state index contributed by atoms with van der Waals surface area (Å²) < 4.78 is 0. The molecule has 1 amide bonds. The Bertz CT molecular complexity index is 522. The lowest BCUT2D eigenvalue weighted by atomic mass is 9.92. The molecule has 1 aliphatic carbocycles. The Morgan fingerprint density at radius 1 is 1.00 bits per heavy atom. The molecule has 28 heavy (non-hydrogen) atoms. The Labute approximate surface area is 174 Å². The third kappa shape index (κ3) is 11.4. The normalized spacial score (nSPS) is 20.5. The average molecular weight is 386 g/mol. The summed E-state index contributed by atoms with van der Waals surface area (Å²) in [6.07, 6.45) is 24.9. The Kier molecular flexibility index (Phi) is 14.4. The molecule has 2 nitrogen and oxygen atoms in total. The molecule has 158 valence electrons. The van der Waals surface area contributed by atoms with Gasteiger partial charge in [0.05, 0.1) is 0 Å². The third-order valence-corrected chi connectivity index (χ3v) is 5.88. The summed E-state index contributed by atoms with van der Waals surface area (Å²) in [7, 11) is 0. The van der Waals surface area contributed by atoms with Crippen LogP contribution in [0.15, 0.2) is 24.3 Å². The summed E-state index contributed by atoms with van der Waals surface area (Å²) in [5, 5.41) is 0. The van der Waals surface area contributed by atoms with Crippen LogP contribution in [0.5, 0.6) is 0 Å². The molecule has 2 N–H and O–H groups in total. The van der Waals surface area contributed by atoms with E-state index >= 15 is 0 Å². The fraction of sp³-hybridized carbons (Fsp3) is 0.731. The fourth-order valence-electron chi connectivity index (χ4n) is 4.06. The molecule has 0 aromatic heterocycles. The molecule has 0 radical (unpaired) electrons. The van der Waals surface area contributed by atoms with Gasteiger partial charge in [-0.2, -0.15) is 0 Å². The van der Waals surface area contributed by atoms with Crippen LogP contribution in [0.3, 0.4) is 0 Å². The van der Waals surface area contributed by atoms with Gasteiger partial charge in [-0.25, -0.2) is 0 Å². The van der Waals surface area contributed by atoms with Crippen LogP contribution in [0.1, 0.15) is 104 Å². The van der Waals surface area contributed by atoms with E-state index in [0.29, 0.717) is 11.8 Å². The lowest BCUT2D eigenvalue weighted by Crippen LogP contribution is -2.23. The van der Waals surface area contributed by atoms with Gasteiger partial charge in [0, 0.05) is 18.3 Å². The molecule has 3 atom stereocenters. The highest BCUT2D eigenvalue weighted by Gasteiger charge is 2.24. The highest BCUT2D eigenvalue weighted by atomic mass is 16.1. The van der Waals surface area contributed by atoms with Crippen molar-refractivity contribution in [3.8, 4) is 11.8 Å². The van der Waals surface area contributed by atoms with Crippen molar-refractivity contribution < 1.29 is 4.79 Å². The number of rotatable bonds is 14. The molecule has 1 fully saturated rings. The third-order valence-electron chi connectivity index (χ3n) is 5.88. The van der Waals surface area contributed by atoms with Crippen LogP contribution < -0.4 is 5.73 Å². The second-order valence-electron chi connectivity index (χ2n) is 8.32. The Morgan fingerprint density at radius 3 is 2.57 bits per heavy atom. The molecule has 0 spiro atoms. The Balaban J connectivity index is 2.28. The summed E-state index contributed by atoms with van der Waals surface area (Å²) in [6, 6.07) is 0. The molecular formula is C26H43NO. The van der Waals surface area contributed by atoms with Crippen molar-refractivity contribution >= 4 is 5.91 Å². The van der Waals surface area contributed by atoms with Gasteiger partial charge in [-0.1, -0.05) is 88.5 Å². The SMILES string of the molecule is CCCC=CCC#C[C@H]1CCC[C@@H]1CC=CCCC(CCCCCC)C(N)=O. The van der Waals surface area contributed by atoms with Gasteiger partial charge >= 0.3 is 0 Å². The summed E-state index contributed by atoms with van der Waals surface area (Å²) in [4.78, 5) is 11.6. The monoisotopic (exact) mass is 385 g/mol. The maximum atomic E-state index is 11.6. The predicted molar refractivity (Wildman–Crippen MR) is 122 cm³/mol. The highest BCUT2D eigenvalue weighted by molar-refractivity contribution is 5.76. The van der Waals surface area contributed by atoms with Crippen LogP contribution in [0.4, 0.5) is 0 Å². The first-order valence-corrected chi connectivity index (χ1v) is 11.8. The predicted octanol–water partition coefficient (Wildman–Crippen LogP) is 6.95. The molecule has 0 bridgehead atoms. The van der Waals surface area contributed by atoms with Crippen molar-refractivity contribution in [1.29, 1.82) is 0 Å². The summed E-state index contributed by atoms with van der Waals surface area (Å²) >= 11 is 0. The van der Waals surface area contributed by atoms with E-state index < -0.39 is 0 Å². The molecule has 1 aliphatic rings. The lowest BCUT2D eigenvalue weighted by molar-refractivity contribution is -0.122. The number of nitrogens with two attached hydrogens (primary N) is 1. The number of primary amides is 1. The first-order valence-electron chi connectivity index (χ1n) is 11.8. The summed E-state index contributed by atoms with van der Waals surface area (Å²) in [6.45, 7) is 4.41. The van der Waals surface area contributed by atoms with Crippen LogP contribution in [0.25, 0.3) is 0 Å². The van der Waals surface area contributed by atoms with Crippen LogP contribution in [-0.2, 0) is 4.79 Å². The molecule has 0 heterocycles. The van der Waals surface area contributed by atoms with E-state index in [4.69, 9.17) is 5.73 Å². The van der Waals surface area contributed by atoms with Gasteiger partial charge in [0.2, 0.25) is 5.91 Å². The molecule has 0 aromatic carbocycles. The number of carbonyl (C=O) groups is 1. The van der Waals surface area contributed by atoms with E-state index in [-0.39, 0.29) is 11.8 Å². The quantitative estimate of drug-likeness (QED) is 0.196. The summed E-state index contributed by atoms with van der Waals surface area (Å²) in [5.74, 6) is 8.09. The van der Waals surface area contributed by atoms with Gasteiger partial charge in [-0.05, 0) is 50.9 Å². The van der Waals surface area contributed by atoms with Crippen molar-refractivity contribution in [2.24, 2.45) is 23.5 Å². The van der Waals surface area contributed by atoms with E-state index in [1.165, 1.54) is 44.9 Å². The minimum absolute atomic E-state index is 0.0485. The maximum absolute atomic E-state index is 11.6. The van der Waals surface area contributed by atoms with Crippen molar-refractivity contribution in [3.63, 3.8) is 0 Å². The molecule has 0 aliphatic heterocycles. The zero-order valence-electron chi connectivity index (χ0n) is 18.4. The minimum atomic E-state index is -0.121. The first kappa shape index (κ1) is 24.5. The number of amides is 1. The topological polar surface area (TPSA) is 43.1 Å². The molecule has 2 heteroatoms. The molecular weight excluding hydrogens is 342 g/mol. The Morgan fingerprint density at radius 2 is 1.82 bits per heavy atom.